The Kier molecular flexibility index (Phi) is 6.18. The minimum absolute atomic E-state index is 0.126. The van der Waals surface area contributed by atoms with Gasteiger partial charge in [0, 0.05) is 5.56 Å². The molecule has 1 fully saturated rings. The lowest BCUT2D eigenvalue weighted by atomic mass is 9.77. The first-order chi connectivity index (χ1) is 14.9. The number of hydrogen-bond acceptors (Lipinski definition) is 1. The number of nitriles is 1. The Balaban J connectivity index is 1.63. The molecule has 0 atom stereocenters. The van der Waals surface area contributed by atoms with Crippen molar-refractivity contribution in [3.8, 4) is 6.07 Å². The molecule has 2 aliphatic rings. The highest BCUT2D eigenvalue weighted by molar-refractivity contribution is 5.85. The Morgan fingerprint density at radius 1 is 0.935 bits per heavy atom. The second kappa shape index (κ2) is 8.86. The first kappa shape index (κ1) is 21.6. The molecule has 0 heterocycles. The van der Waals surface area contributed by atoms with E-state index in [0.717, 1.165) is 38.2 Å². The van der Waals surface area contributed by atoms with Crippen LogP contribution in [0.4, 0.5) is 17.6 Å². The molecular weight excluding hydrogens is 402 g/mol. The quantitative estimate of drug-likeness (QED) is 0.459. The van der Waals surface area contributed by atoms with Crippen LogP contribution >= 0.6 is 0 Å². The number of halogens is 4. The van der Waals surface area contributed by atoms with Gasteiger partial charge in [-0.1, -0.05) is 25.8 Å². The van der Waals surface area contributed by atoms with Gasteiger partial charge < -0.3 is 0 Å². The van der Waals surface area contributed by atoms with E-state index >= 15 is 8.78 Å². The lowest BCUT2D eigenvalue weighted by Gasteiger charge is -2.29. The Hall–Kier alpha value is -2.61. The van der Waals surface area contributed by atoms with Crippen LogP contribution in [-0.4, -0.2) is 0 Å². The third kappa shape index (κ3) is 4.13. The van der Waals surface area contributed by atoms with Crippen molar-refractivity contribution in [3.05, 3.63) is 69.3 Å². The summed E-state index contributed by atoms with van der Waals surface area (Å²) in [6, 6.07) is 5.46. The molecule has 162 valence electrons. The van der Waals surface area contributed by atoms with Gasteiger partial charge >= 0.3 is 0 Å². The minimum Gasteiger partial charge on any atom is -0.206 e. The number of hydrogen-bond donors (Lipinski definition) is 0. The number of nitrogens with zero attached hydrogens (tertiary/aromatic N) is 1. The second-order valence-corrected chi connectivity index (χ2v) is 8.76. The average molecular weight is 427 g/mol. The number of allylic oxidation sites excluding steroid dienone is 1. The van der Waals surface area contributed by atoms with Gasteiger partial charge in [-0.15, -0.1) is 0 Å². The van der Waals surface area contributed by atoms with E-state index in [1.54, 1.807) is 0 Å². The molecule has 5 heteroatoms. The van der Waals surface area contributed by atoms with Gasteiger partial charge in [-0.25, -0.2) is 17.6 Å². The predicted octanol–water partition coefficient (Wildman–Crippen LogP) is 7.68. The van der Waals surface area contributed by atoms with Crippen LogP contribution in [0.2, 0.25) is 0 Å². The van der Waals surface area contributed by atoms with Crippen molar-refractivity contribution in [2.45, 2.75) is 64.2 Å². The molecule has 0 aromatic heterocycles. The van der Waals surface area contributed by atoms with E-state index in [2.05, 4.69) is 6.92 Å². The molecule has 0 N–H and O–H groups in total. The van der Waals surface area contributed by atoms with Crippen molar-refractivity contribution in [1.29, 1.82) is 5.26 Å². The van der Waals surface area contributed by atoms with Gasteiger partial charge in [0.05, 0.1) is 0 Å². The van der Waals surface area contributed by atoms with Gasteiger partial charge in [-0.3, -0.25) is 0 Å². The largest absolute Gasteiger partial charge is 0.206 e. The van der Waals surface area contributed by atoms with E-state index in [9.17, 15) is 8.78 Å². The molecule has 4 rings (SSSR count). The van der Waals surface area contributed by atoms with Crippen LogP contribution in [0.25, 0.3) is 11.6 Å². The highest BCUT2D eigenvalue weighted by Crippen LogP contribution is 2.40. The molecule has 31 heavy (non-hydrogen) atoms. The normalized spacial score (nSPS) is 20.7. The van der Waals surface area contributed by atoms with Crippen LogP contribution in [0.1, 0.15) is 85.6 Å². The van der Waals surface area contributed by atoms with Gasteiger partial charge in [0.15, 0.2) is 0 Å². The van der Waals surface area contributed by atoms with Crippen molar-refractivity contribution < 1.29 is 17.6 Å². The second-order valence-electron chi connectivity index (χ2n) is 8.76. The molecule has 2 aliphatic carbocycles. The molecule has 2 aromatic carbocycles. The van der Waals surface area contributed by atoms with Crippen molar-refractivity contribution in [3.63, 3.8) is 0 Å². The summed E-state index contributed by atoms with van der Waals surface area (Å²) in [7, 11) is 0. The molecule has 0 unspecified atom stereocenters. The third-order valence-electron chi connectivity index (χ3n) is 6.84. The molecule has 0 bridgehead atoms. The SMILES string of the molecule is CCCC1CCC(c2cc(F)c(C3=Cc4cc(F)c(C#N)c(F)c4CC3)c(F)c2)CC1. The van der Waals surface area contributed by atoms with E-state index in [1.165, 1.54) is 30.7 Å². The molecule has 0 spiro atoms. The van der Waals surface area contributed by atoms with Crippen molar-refractivity contribution in [2.24, 2.45) is 5.92 Å². The molecule has 2 aromatic rings. The fourth-order valence-electron chi connectivity index (χ4n) is 5.21. The fourth-order valence-corrected chi connectivity index (χ4v) is 5.21. The zero-order chi connectivity index (χ0) is 22.1. The molecule has 0 radical (unpaired) electrons. The number of rotatable bonds is 4. The number of benzene rings is 2. The average Bonchev–Trinajstić information content (AvgIpc) is 2.74. The zero-order valence-electron chi connectivity index (χ0n) is 17.6. The number of fused-ring (bicyclic) bond motifs is 1. The van der Waals surface area contributed by atoms with Gasteiger partial charge in [0.1, 0.15) is 34.9 Å². The maximum absolute atomic E-state index is 15.0. The summed E-state index contributed by atoms with van der Waals surface area (Å²) >= 11 is 0. The summed E-state index contributed by atoms with van der Waals surface area (Å²) in [5.74, 6) is -2.23. The van der Waals surface area contributed by atoms with Crippen molar-refractivity contribution in [2.75, 3.05) is 0 Å². The van der Waals surface area contributed by atoms with E-state index in [4.69, 9.17) is 5.26 Å². The summed E-state index contributed by atoms with van der Waals surface area (Å²) in [6.07, 6.45) is 8.25. The maximum atomic E-state index is 15.0. The Morgan fingerprint density at radius 3 is 2.23 bits per heavy atom. The lowest BCUT2D eigenvalue weighted by Crippen LogP contribution is -2.14. The third-order valence-corrected chi connectivity index (χ3v) is 6.84. The Bertz CT molecular complexity index is 1050. The topological polar surface area (TPSA) is 23.8 Å². The molecule has 0 amide bonds. The summed E-state index contributed by atoms with van der Waals surface area (Å²) in [5.41, 5.74) is 0.769. The highest BCUT2D eigenvalue weighted by Gasteiger charge is 2.27. The summed E-state index contributed by atoms with van der Waals surface area (Å²) in [4.78, 5) is 0. The molecule has 0 aliphatic heterocycles. The predicted molar refractivity (Wildman–Crippen MR) is 113 cm³/mol. The maximum Gasteiger partial charge on any atom is 0.147 e. The van der Waals surface area contributed by atoms with Crippen molar-refractivity contribution >= 4 is 11.6 Å². The molecule has 0 saturated heterocycles. The van der Waals surface area contributed by atoms with E-state index in [1.807, 2.05) is 0 Å². The first-order valence-corrected chi connectivity index (χ1v) is 11.0. The van der Waals surface area contributed by atoms with Crippen LogP contribution in [0.15, 0.2) is 18.2 Å². The minimum atomic E-state index is -0.966. The van der Waals surface area contributed by atoms with E-state index in [0.29, 0.717) is 17.1 Å². The summed E-state index contributed by atoms with van der Waals surface area (Å²) in [6.45, 7) is 2.18. The summed E-state index contributed by atoms with van der Waals surface area (Å²) in [5, 5.41) is 8.93. The van der Waals surface area contributed by atoms with Crippen LogP contribution in [0.3, 0.4) is 0 Å². The molecular formula is C26H25F4N. The standard InChI is InChI=1S/C26H25F4N/c1-2-3-15-4-6-16(7-5-15)18-11-23(28)25(24(29)12-18)17-8-9-20-19(10-17)13-22(27)21(14-31)26(20)30/h10-13,15-16H,2-9H2,1H3. The van der Waals surface area contributed by atoms with Crippen LogP contribution < -0.4 is 0 Å². The Labute approximate surface area is 180 Å². The molecule has 1 nitrogen and oxygen atoms in total. The smallest absolute Gasteiger partial charge is 0.147 e. The van der Waals surface area contributed by atoms with Crippen LogP contribution in [0, 0.1) is 40.5 Å². The van der Waals surface area contributed by atoms with E-state index < -0.39 is 28.8 Å². The first-order valence-electron chi connectivity index (χ1n) is 11.0. The van der Waals surface area contributed by atoms with Crippen molar-refractivity contribution in [1.82, 2.24) is 0 Å². The fraction of sp³-hybridized carbons (Fsp3) is 0.423. The van der Waals surface area contributed by atoms with Crippen LogP contribution in [-0.2, 0) is 6.42 Å². The molecule has 1 saturated carbocycles. The van der Waals surface area contributed by atoms with Gasteiger partial charge in [-0.2, -0.15) is 5.26 Å². The highest BCUT2D eigenvalue weighted by atomic mass is 19.1. The van der Waals surface area contributed by atoms with Gasteiger partial charge in [0.25, 0.3) is 0 Å². The monoisotopic (exact) mass is 427 g/mol. The van der Waals surface area contributed by atoms with Crippen LogP contribution in [0.5, 0.6) is 0 Å². The summed E-state index contributed by atoms with van der Waals surface area (Å²) < 4.78 is 58.5. The van der Waals surface area contributed by atoms with Gasteiger partial charge in [-0.05, 0) is 90.8 Å². The Morgan fingerprint density at radius 2 is 1.61 bits per heavy atom. The lowest BCUT2D eigenvalue weighted by molar-refractivity contribution is 0.307. The van der Waals surface area contributed by atoms with Gasteiger partial charge in [0.2, 0.25) is 0 Å². The zero-order valence-corrected chi connectivity index (χ0v) is 17.6. The van der Waals surface area contributed by atoms with E-state index in [-0.39, 0.29) is 35.4 Å².